The number of nitro benzene ring substituents is 1. The van der Waals surface area contributed by atoms with Crippen molar-refractivity contribution in [1.29, 1.82) is 0 Å². The first-order chi connectivity index (χ1) is 9.56. The van der Waals surface area contributed by atoms with Crippen LogP contribution in [0.25, 0.3) is 0 Å². The highest BCUT2D eigenvalue weighted by atomic mass is 19.1. The second kappa shape index (κ2) is 8.18. The maximum atomic E-state index is 13.1. The Balaban J connectivity index is 2.54. The maximum Gasteiger partial charge on any atom is 0.282 e. The number of benzene rings is 1. The van der Waals surface area contributed by atoms with Crippen LogP contribution in [-0.4, -0.2) is 44.2 Å². The number of amides is 1. The number of nitro groups is 1. The molecule has 0 fully saturated rings. The first kappa shape index (κ1) is 16.0. The summed E-state index contributed by atoms with van der Waals surface area (Å²) in [7, 11) is 1.58. The van der Waals surface area contributed by atoms with E-state index in [1.54, 1.807) is 7.11 Å². The van der Waals surface area contributed by atoms with E-state index in [-0.39, 0.29) is 12.1 Å². The molecule has 1 aromatic carbocycles. The summed E-state index contributed by atoms with van der Waals surface area (Å²) in [4.78, 5) is 21.8. The van der Waals surface area contributed by atoms with E-state index in [0.717, 1.165) is 18.2 Å². The fourth-order valence-corrected chi connectivity index (χ4v) is 1.51. The first-order valence-corrected chi connectivity index (χ1v) is 5.98. The quantitative estimate of drug-likeness (QED) is 0.416. The third-order valence-electron chi connectivity index (χ3n) is 2.47. The number of rotatable bonds is 8. The van der Waals surface area contributed by atoms with E-state index >= 15 is 0 Å². The van der Waals surface area contributed by atoms with Gasteiger partial charge in [-0.3, -0.25) is 14.9 Å². The van der Waals surface area contributed by atoms with Crippen molar-refractivity contribution in [3.63, 3.8) is 0 Å². The molecule has 110 valence electrons. The second-order valence-corrected chi connectivity index (χ2v) is 3.92. The predicted octanol–water partition coefficient (Wildman–Crippen LogP) is 0.700. The van der Waals surface area contributed by atoms with Gasteiger partial charge in [-0.05, 0) is 12.1 Å². The topological polar surface area (TPSA) is 93.5 Å². The minimum Gasteiger partial charge on any atom is -0.383 e. The van der Waals surface area contributed by atoms with Crippen LogP contribution in [0.15, 0.2) is 18.2 Å². The van der Waals surface area contributed by atoms with Crippen LogP contribution in [-0.2, 0) is 4.74 Å². The van der Waals surface area contributed by atoms with E-state index < -0.39 is 22.3 Å². The normalized spacial score (nSPS) is 10.3. The Bertz CT molecular complexity index is 482. The molecule has 1 amide bonds. The van der Waals surface area contributed by atoms with E-state index in [4.69, 9.17) is 4.74 Å². The summed E-state index contributed by atoms with van der Waals surface area (Å²) < 4.78 is 17.9. The number of ether oxygens (including phenoxy) is 1. The van der Waals surface area contributed by atoms with Gasteiger partial charge in [-0.25, -0.2) is 4.39 Å². The van der Waals surface area contributed by atoms with Crippen molar-refractivity contribution in [2.75, 3.05) is 33.4 Å². The van der Waals surface area contributed by atoms with Crippen molar-refractivity contribution in [2.24, 2.45) is 0 Å². The Hall–Kier alpha value is -2.06. The lowest BCUT2D eigenvalue weighted by Gasteiger charge is -2.07. The lowest BCUT2D eigenvalue weighted by atomic mass is 10.1. The van der Waals surface area contributed by atoms with Gasteiger partial charge in [0.05, 0.1) is 11.5 Å². The standard InChI is InChI=1S/C12H16FN3O4/c1-20-7-6-14-4-5-15-12(17)10-8-9(13)2-3-11(10)16(18)19/h2-3,8,14H,4-7H2,1H3,(H,15,17). The minimum absolute atomic E-state index is 0.274. The van der Waals surface area contributed by atoms with E-state index in [1.165, 1.54) is 0 Å². The van der Waals surface area contributed by atoms with Gasteiger partial charge in [-0.15, -0.1) is 0 Å². The molecule has 0 atom stereocenters. The highest BCUT2D eigenvalue weighted by Crippen LogP contribution is 2.19. The van der Waals surface area contributed by atoms with Crippen LogP contribution in [0.3, 0.4) is 0 Å². The van der Waals surface area contributed by atoms with Gasteiger partial charge in [0.15, 0.2) is 0 Å². The fourth-order valence-electron chi connectivity index (χ4n) is 1.51. The molecular weight excluding hydrogens is 269 g/mol. The van der Waals surface area contributed by atoms with E-state index in [0.29, 0.717) is 19.7 Å². The largest absolute Gasteiger partial charge is 0.383 e. The van der Waals surface area contributed by atoms with Crippen molar-refractivity contribution in [2.45, 2.75) is 0 Å². The summed E-state index contributed by atoms with van der Waals surface area (Å²) in [5.41, 5.74) is -0.705. The number of carbonyl (C=O) groups excluding carboxylic acids is 1. The highest BCUT2D eigenvalue weighted by Gasteiger charge is 2.20. The smallest absolute Gasteiger partial charge is 0.282 e. The van der Waals surface area contributed by atoms with Gasteiger partial charge >= 0.3 is 0 Å². The molecule has 20 heavy (non-hydrogen) atoms. The summed E-state index contributed by atoms with van der Waals surface area (Å²) >= 11 is 0. The molecule has 0 spiro atoms. The van der Waals surface area contributed by atoms with Crippen LogP contribution in [0, 0.1) is 15.9 Å². The number of nitrogens with zero attached hydrogens (tertiary/aromatic N) is 1. The Morgan fingerprint density at radius 1 is 1.40 bits per heavy atom. The molecule has 0 aromatic heterocycles. The number of halogens is 1. The van der Waals surface area contributed by atoms with Crippen LogP contribution in [0.2, 0.25) is 0 Å². The molecule has 0 bridgehead atoms. The van der Waals surface area contributed by atoms with Crippen molar-refractivity contribution in [3.05, 3.63) is 39.7 Å². The van der Waals surface area contributed by atoms with E-state index in [1.807, 2.05) is 0 Å². The van der Waals surface area contributed by atoms with Crippen molar-refractivity contribution in [1.82, 2.24) is 10.6 Å². The molecule has 0 radical (unpaired) electrons. The molecule has 0 saturated heterocycles. The molecule has 2 N–H and O–H groups in total. The van der Waals surface area contributed by atoms with Gasteiger partial charge in [-0.1, -0.05) is 0 Å². The molecule has 7 nitrogen and oxygen atoms in total. The zero-order valence-corrected chi connectivity index (χ0v) is 11.0. The maximum absolute atomic E-state index is 13.1. The Morgan fingerprint density at radius 3 is 2.80 bits per heavy atom. The summed E-state index contributed by atoms with van der Waals surface area (Å²) in [6.07, 6.45) is 0. The highest BCUT2D eigenvalue weighted by molar-refractivity contribution is 5.98. The number of methoxy groups -OCH3 is 1. The van der Waals surface area contributed by atoms with Crippen LogP contribution in [0.5, 0.6) is 0 Å². The second-order valence-electron chi connectivity index (χ2n) is 3.92. The number of hydrogen-bond donors (Lipinski definition) is 2. The van der Waals surface area contributed by atoms with Crippen molar-refractivity contribution in [3.8, 4) is 0 Å². The van der Waals surface area contributed by atoms with Crippen LogP contribution >= 0.6 is 0 Å². The molecular formula is C12H16FN3O4. The third-order valence-corrected chi connectivity index (χ3v) is 2.47. The zero-order valence-electron chi connectivity index (χ0n) is 11.0. The van der Waals surface area contributed by atoms with Crippen LogP contribution < -0.4 is 10.6 Å². The van der Waals surface area contributed by atoms with Gasteiger partial charge in [0, 0.05) is 32.8 Å². The van der Waals surface area contributed by atoms with Gasteiger partial charge in [0.25, 0.3) is 11.6 Å². The number of hydrogen-bond acceptors (Lipinski definition) is 5. The molecule has 0 aliphatic carbocycles. The Labute approximate surface area is 115 Å². The summed E-state index contributed by atoms with van der Waals surface area (Å²) in [5, 5.41) is 16.2. The molecule has 1 aromatic rings. The van der Waals surface area contributed by atoms with Gasteiger partial charge in [-0.2, -0.15) is 0 Å². The monoisotopic (exact) mass is 285 g/mol. The fraction of sp³-hybridized carbons (Fsp3) is 0.417. The molecule has 0 heterocycles. The SMILES string of the molecule is COCCNCCNC(=O)c1cc(F)ccc1[N+](=O)[O-]. The van der Waals surface area contributed by atoms with Gasteiger partial charge < -0.3 is 15.4 Å². The minimum atomic E-state index is -0.717. The molecule has 8 heteroatoms. The van der Waals surface area contributed by atoms with Crippen LogP contribution in [0.4, 0.5) is 10.1 Å². The third kappa shape index (κ3) is 4.90. The molecule has 0 aliphatic heterocycles. The predicted molar refractivity (Wildman–Crippen MR) is 70.1 cm³/mol. The Morgan fingerprint density at radius 2 is 2.15 bits per heavy atom. The van der Waals surface area contributed by atoms with Crippen LogP contribution in [0.1, 0.15) is 10.4 Å². The summed E-state index contributed by atoms with van der Waals surface area (Å²) in [6.45, 7) is 1.93. The molecule has 0 saturated carbocycles. The first-order valence-electron chi connectivity index (χ1n) is 5.98. The van der Waals surface area contributed by atoms with Gasteiger partial charge in [0.1, 0.15) is 11.4 Å². The zero-order chi connectivity index (χ0) is 15.0. The lowest BCUT2D eigenvalue weighted by molar-refractivity contribution is -0.385. The molecule has 1 rings (SSSR count). The van der Waals surface area contributed by atoms with Crippen molar-refractivity contribution >= 4 is 11.6 Å². The lowest BCUT2D eigenvalue weighted by Crippen LogP contribution is -2.33. The molecule has 0 unspecified atom stereocenters. The summed E-state index contributed by atoms with van der Waals surface area (Å²) in [5.74, 6) is -1.37. The average molecular weight is 285 g/mol. The van der Waals surface area contributed by atoms with E-state index in [9.17, 15) is 19.3 Å². The molecule has 0 aliphatic rings. The van der Waals surface area contributed by atoms with Crippen molar-refractivity contribution < 1.29 is 18.8 Å². The number of carbonyl (C=O) groups is 1. The Kier molecular flexibility index (Phi) is 6.54. The summed E-state index contributed by atoms with van der Waals surface area (Å²) in [6, 6.07) is 2.77. The van der Waals surface area contributed by atoms with Gasteiger partial charge in [0.2, 0.25) is 0 Å². The van der Waals surface area contributed by atoms with E-state index in [2.05, 4.69) is 10.6 Å². The number of nitrogens with one attached hydrogen (secondary N) is 2. The average Bonchev–Trinajstić information content (AvgIpc) is 2.42.